The first-order chi connectivity index (χ1) is 8.06. The van der Waals surface area contributed by atoms with Crippen molar-refractivity contribution in [1.82, 2.24) is 4.98 Å². The van der Waals surface area contributed by atoms with Gasteiger partial charge in [-0.1, -0.05) is 34.8 Å². The summed E-state index contributed by atoms with van der Waals surface area (Å²) in [5, 5.41) is 4.64. The molecule has 2 aromatic rings. The molecule has 0 aliphatic carbocycles. The maximum atomic E-state index is 6.04. The summed E-state index contributed by atoms with van der Waals surface area (Å²) in [6.07, 6.45) is 1.65. The Kier molecular flexibility index (Phi) is 4.15. The van der Waals surface area contributed by atoms with E-state index in [1.165, 1.54) is 0 Å². The summed E-state index contributed by atoms with van der Waals surface area (Å²) in [5.41, 5.74) is 0.702. The zero-order valence-corrected chi connectivity index (χ0v) is 12.2. The van der Waals surface area contributed by atoms with Gasteiger partial charge in [0.15, 0.2) is 0 Å². The second-order valence-corrected chi connectivity index (χ2v) is 5.40. The average Bonchev–Trinajstić information content (AvgIpc) is 2.25. The Balaban J connectivity index is 2.31. The number of hydrogen-bond acceptors (Lipinski definition) is 2. The van der Waals surface area contributed by atoms with Gasteiger partial charge in [-0.25, -0.2) is 4.98 Å². The first-order valence-corrected chi connectivity index (χ1v) is 6.52. The molecule has 17 heavy (non-hydrogen) atoms. The standard InChI is InChI=1S/C11H6BrCl3N2/c12-6-3-9(15)11(16-5-6)17-10-2-1-7(13)4-8(10)14/h1-5H,(H,16,17). The summed E-state index contributed by atoms with van der Waals surface area (Å²) in [6.45, 7) is 0. The van der Waals surface area contributed by atoms with Crippen molar-refractivity contribution in [3.8, 4) is 0 Å². The molecular formula is C11H6BrCl3N2. The van der Waals surface area contributed by atoms with E-state index in [9.17, 15) is 0 Å². The number of hydrogen-bond donors (Lipinski definition) is 1. The fraction of sp³-hybridized carbons (Fsp3) is 0. The number of aromatic nitrogens is 1. The second kappa shape index (κ2) is 5.44. The molecule has 6 heteroatoms. The van der Waals surface area contributed by atoms with E-state index in [2.05, 4.69) is 26.2 Å². The highest BCUT2D eigenvalue weighted by atomic mass is 79.9. The predicted octanol–water partition coefficient (Wildman–Crippen LogP) is 5.55. The molecule has 0 fully saturated rings. The predicted molar refractivity (Wildman–Crippen MR) is 76.7 cm³/mol. The van der Waals surface area contributed by atoms with Crippen molar-refractivity contribution in [3.05, 3.63) is 50.0 Å². The molecule has 0 aliphatic rings. The SMILES string of the molecule is Clc1ccc(Nc2ncc(Br)cc2Cl)c(Cl)c1. The van der Waals surface area contributed by atoms with Gasteiger partial charge in [0.1, 0.15) is 5.82 Å². The van der Waals surface area contributed by atoms with Crippen molar-refractivity contribution in [2.75, 3.05) is 5.32 Å². The molecule has 0 amide bonds. The number of nitrogens with zero attached hydrogens (tertiary/aromatic N) is 1. The van der Waals surface area contributed by atoms with Crippen molar-refractivity contribution in [3.63, 3.8) is 0 Å². The van der Waals surface area contributed by atoms with Crippen molar-refractivity contribution in [2.24, 2.45) is 0 Å². The number of anilines is 2. The number of halogens is 4. The lowest BCUT2D eigenvalue weighted by Crippen LogP contribution is -1.95. The third-order valence-electron chi connectivity index (χ3n) is 1.99. The first-order valence-electron chi connectivity index (χ1n) is 4.59. The molecule has 0 unspecified atom stereocenters. The molecule has 0 saturated carbocycles. The molecule has 0 radical (unpaired) electrons. The van der Waals surface area contributed by atoms with Crippen LogP contribution in [-0.4, -0.2) is 4.98 Å². The van der Waals surface area contributed by atoms with Gasteiger partial charge in [-0.2, -0.15) is 0 Å². The second-order valence-electron chi connectivity index (χ2n) is 3.23. The maximum absolute atomic E-state index is 6.04. The number of nitrogens with one attached hydrogen (secondary N) is 1. The van der Waals surface area contributed by atoms with Crippen molar-refractivity contribution >= 4 is 62.2 Å². The Morgan fingerprint density at radius 3 is 2.47 bits per heavy atom. The fourth-order valence-corrected chi connectivity index (χ4v) is 2.36. The molecule has 1 aromatic heterocycles. The highest BCUT2D eigenvalue weighted by molar-refractivity contribution is 9.10. The summed E-state index contributed by atoms with van der Waals surface area (Å²) in [4.78, 5) is 4.16. The van der Waals surface area contributed by atoms with Crippen molar-refractivity contribution in [2.45, 2.75) is 0 Å². The molecule has 1 aromatic carbocycles. The summed E-state index contributed by atoms with van der Waals surface area (Å²) in [5.74, 6) is 0.541. The minimum Gasteiger partial charge on any atom is -0.338 e. The molecule has 2 rings (SSSR count). The quantitative estimate of drug-likeness (QED) is 0.767. The zero-order chi connectivity index (χ0) is 12.4. The van der Waals surface area contributed by atoms with Crippen LogP contribution in [0.4, 0.5) is 11.5 Å². The molecule has 1 N–H and O–H groups in total. The smallest absolute Gasteiger partial charge is 0.149 e. The van der Waals surface area contributed by atoms with E-state index in [1.807, 2.05) is 0 Å². The molecule has 2 nitrogen and oxygen atoms in total. The Morgan fingerprint density at radius 2 is 1.82 bits per heavy atom. The van der Waals surface area contributed by atoms with Gasteiger partial charge < -0.3 is 5.32 Å². The lowest BCUT2D eigenvalue weighted by molar-refractivity contribution is 1.29. The summed E-state index contributed by atoms with van der Waals surface area (Å²) in [6, 6.07) is 6.91. The van der Waals surface area contributed by atoms with Crippen molar-refractivity contribution < 1.29 is 0 Å². The van der Waals surface area contributed by atoms with Crippen LogP contribution in [0.15, 0.2) is 34.9 Å². The van der Waals surface area contributed by atoms with E-state index in [-0.39, 0.29) is 0 Å². The third kappa shape index (κ3) is 3.26. The van der Waals surface area contributed by atoms with Gasteiger partial charge in [0.25, 0.3) is 0 Å². The number of benzene rings is 1. The Labute approximate surface area is 122 Å². The molecule has 88 valence electrons. The van der Waals surface area contributed by atoms with E-state index in [0.29, 0.717) is 26.6 Å². The van der Waals surface area contributed by atoms with Crippen LogP contribution >= 0.6 is 50.7 Å². The minimum atomic E-state index is 0.505. The van der Waals surface area contributed by atoms with Crippen LogP contribution in [0.2, 0.25) is 15.1 Å². The van der Waals surface area contributed by atoms with Gasteiger partial charge in [-0.05, 0) is 40.2 Å². The van der Waals surface area contributed by atoms with E-state index in [1.54, 1.807) is 30.5 Å². The molecule has 0 spiro atoms. The van der Waals surface area contributed by atoms with E-state index in [4.69, 9.17) is 34.8 Å². The molecular weight excluding hydrogens is 346 g/mol. The van der Waals surface area contributed by atoms with E-state index < -0.39 is 0 Å². The highest BCUT2D eigenvalue weighted by Crippen LogP contribution is 2.31. The zero-order valence-electron chi connectivity index (χ0n) is 8.35. The number of rotatable bonds is 2. The molecule has 0 aliphatic heterocycles. The average molecular weight is 352 g/mol. The van der Waals surface area contributed by atoms with Gasteiger partial charge in [0.2, 0.25) is 0 Å². The Bertz CT molecular complexity index is 511. The fourth-order valence-electron chi connectivity index (χ4n) is 1.22. The lowest BCUT2D eigenvalue weighted by atomic mass is 10.3. The van der Waals surface area contributed by atoms with Gasteiger partial charge in [-0.15, -0.1) is 0 Å². The largest absolute Gasteiger partial charge is 0.338 e. The Morgan fingerprint density at radius 1 is 1.06 bits per heavy atom. The van der Waals surface area contributed by atoms with Gasteiger partial charge in [0.05, 0.1) is 15.7 Å². The molecule has 1 heterocycles. The van der Waals surface area contributed by atoms with Gasteiger partial charge in [0, 0.05) is 15.7 Å². The number of pyridine rings is 1. The monoisotopic (exact) mass is 350 g/mol. The van der Waals surface area contributed by atoms with Gasteiger partial charge >= 0.3 is 0 Å². The topological polar surface area (TPSA) is 24.9 Å². The summed E-state index contributed by atoms with van der Waals surface area (Å²) < 4.78 is 0.815. The highest BCUT2D eigenvalue weighted by Gasteiger charge is 2.06. The van der Waals surface area contributed by atoms with Crippen LogP contribution < -0.4 is 5.32 Å². The van der Waals surface area contributed by atoms with Crippen LogP contribution in [0.5, 0.6) is 0 Å². The van der Waals surface area contributed by atoms with Crippen LogP contribution in [-0.2, 0) is 0 Å². The summed E-state index contributed by atoms with van der Waals surface area (Å²) >= 11 is 21.2. The molecule has 0 saturated heterocycles. The van der Waals surface area contributed by atoms with Gasteiger partial charge in [-0.3, -0.25) is 0 Å². The van der Waals surface area contributed by atoms with Crippen LogP contribution in [0, 0.1) is 0 Å². The Hall–Kier alpha value is -0.480. The maximum Gasteiger partial charge on any atom is 0.149 e. The minimum absolute atomic E-state index is 0.505. The van der Waals surface area contributed by atoms with Crippen molar-refractivity contribution in [1.29, 1.82) is 0 Å². The third-order valence-corrected chi connectivity index (χ3v) is 3.26. The van der Waals surface area contributed by atoms with Crippen LogP contribution in [0.1, 0.15) is 0 Å². The first kappa shape index (κ1) is 13.0. The summed E-state index contributed by atoms with van der Waals surface area (Å²) in [7, 11) is 0. The van der Waals surface area contributed by atoms with Crippen LogP contribution in [0.25, 0.3) is 0 Å². The lowest BCUT2D eigenvalue weighted by Gasteiger charge is -2.09. The normalized spacial score (nSPS) is 10.4. The molecule has 0 bridgehead atoms. The molecule has 0 atom stereocenters. The van der Waals surface area contributed by atoms with Crippen LogP contribution in [0.3, 0.4) is 0 Å². The van der Waals surface area contributed by atoms with E-state index >= 15 is 0 Å². The van der Waals surface area contributed by atoms with E-state index in [0.717, 1.165) is 4.47 Å².